The normalized spacial score (nSPS) is 12.7. The average molecular weight is 345 g/mol. The summed E-state index contributed by atoms with van der Waals surface area (Å²) in [6.45, 7) is 5.96. The Bertz CT molecular complexity index is 839. The number of carbonyl (C=O) groups is 1. The van der Waals surface area contributed by atoms with Crippen LogP contribution in [0.5, 0.6) is 0 Å². The summed E-state index contributed by atoms with van der Waals surface area (Å²) in [6.07, 6.45) is 1.50. The first-order chi connectivity index (χ1) is 11.2. The van der Waals surface area contributed by atoms with E-state index >= 15 is 0 Å². The first-order valence-electron chi connectivity index (χ1n) is 7.82. The molecule has 4 nitrogen and oxygen atoms in total. The van der Waals surface area contributed by atoms with Gasteiger partial charge >= 0.3 is 0 Å². The molecule has 0 heterocycles. The molecule has 1 N–H and O–H groups in total. The van der Waals surface area contributed by atoms with Crippen molar-refractivity contribution in [2.45, 2.75) is 38.1 Å². The zero-order valence-corrected chi connectivity index (χ0v) is 15.3. The number of benzene rings is 2. The van der Waals surface area contributed by atoms with Crippen molar-refractivity contribution in [2.24, 2.45) is 0 Å². The second-order valence-corrected chi connectivity index (χ2v) is 8.24. The molecular weight excluding hydrogens is 322 g/mol. The number of nitrogens with one attached hydrogen (secondary N) is 1. The van der Waals surface area contributed by atoms with E-state index in [1.807, 2.05) is 39.0 Å². The molecule has 0 aliphatic rings. The van der Waals surface area contributed by atoms with Crippen molar-refractivity contribution in [3.8, 4) is 0 Å². The molecule has 0 radical (unpaired) electrons. The van der Waals surface area contributed by atoms with Gasteiger partial charge in [0.15, 0.2) is 9.84 Å². The summed E-state index contributed by atoms with van der Waals surface area (Å²) < 4.78 is 23.0. The summed E-state index contributed by atoms with van der Waals surface area (Å²) >= 11 is 0. The Morgan fingerprint density at radius 3 is 2.21 bits per heavy atom. The third kappa shape index (κ3) is 4.68. The van der Waals surface area contributed by atoms with Crippen LogP contribution in [0.15, 0.2) is 47.4 Å². The van der Waals surface area contributed by atoms with Crippen LogP contribution in [-0.2, 0) is 21.1 Å². The van der Waals surface area contributed by atoms with Gasteiger partial charge in [-0.05, 0) is 55.2 Å². The minimum absolute atomic E-state index is 0.0575. The molecule has 0 aliphatic carbocycles. The van der Waals surface area contributed by atoms with Crippen LogP contribution in [-0.4, -0.2) is 20.6 Å². The van der Waals surface area contributed by atoms with Gasteiger partial charge in [0.2, 0.25) is 5.91 Å². The van der Waals surface area contributed by atoms with Crippen LogP contribution in [0, 0.1) is 13.8 Å². The van der Waals surface area contributed by atoms with Crippen molar-refractivity contribution in [1.82, 2.24) is 5.32 Å². The molecule has 0 aliphatic heterocycles. The lowest BCUT2D eigenvalue weighted by molar-refractivity contribution is -0.121. The molecule has 1 amide bonds. The number of aryl methyl sites for hydroxylation is 2. The molecule has 128 valence electrons. The SMILES string of the molecule is Cc1ccc(CC(=O)N[C@@H](C)c2ccc(S(C)(=O)=O)cc2)cc1C. The number of hydrogen-bond donors (Lipinski definition) is 1. The standard InChI is InChI=1S/C19H23NO3S/c1-13-5-6-16(11-14(13)2)12-19(21)20-15(3)17-7-9-18(10-8-17)24(4,22)23/h5-11,15H,12H2,1-4H3,(H,20,21)/t15-/m0/s1. The predicted octanol–water partition coefficient (Wildman–Crippen LogP) is 3.13. The highest BCUT2D eigenvalue weighted by Gasteiger charge is 2.12. The lowest BCUT2D eigenvalue weighted by atomic mass is 10.0. The maximum atomic E-state index is 12.2. The molecule has 0 saturated heterocycles. The zero-order valence-electron chi connectivity index (χ0n) is 14.5. The Hall–Kier alpha value is -2.14. The molecule has 5 heteroatoms. The minimum atomic E-state index is -3.20. The van der Waals surface area contributed by atoms with Crippen molar-refractivity contribution in [1.29, 1.82) is 0 Å². The molecule has 0 saturated carbocycles. The highest BCUT2D eigenvalue weighted by Crippen LogP contribution is 2.17. The van der Waals surface area contributed by atoms with Crippen LogP contribution in [0.3, 0.4) is 0 Å². The van der Waals surface area contributed by atoms with Crippen molar-refractivity contribution in [3.63, 3.8) is 0 Å². The highest BCUT2D eigenvalue weighted by atomic mass is 32.2. The van der Waals surface area contributed by atoms with Crippen molar-refractivity contribution >= 4 is 15.7 Å². The zero-order chi connectivity index (χ0) is 17.9. The Kier molecular flexibility index (Phi) is 5.44. The van der Waals surface area contributed by atoms with E-state index in [1.165, 1.54) is 17.4 Å². The van der Waals surface area contributed by atoms with Gasteiger partial charge < -0.3 is 5.32 Å². The summed E-state index contributed by atoms with van der Waals surface area (Å²) in [6, 6.07) is 12.4. The minimum Gasteiger partial charge on any atom is -0.349 e. The Labute approximate surface area is 143 Å². The van der Waals surface area contributed by atoms with Gasteiger partial charge in [-0.2, -0.15) is 0 Å². The monoisotopic (exact) mass is 345 g/mol. The second kappa shape index (κ2) is 7.18. The highest BCUT2D eigenvalue weighted by molar-refractivity contribution is 7.90. The summed E-state index contributed by atoms with van der Waals surface area (Å²) in [7, 11) is -3.20. The lowest BCUT2D eigenvalue weighted by Crippen LogP contribution is -2.28. The maximum absolute atomic E-state index is 12.2. The number of amides is 1. The van der Waals surface area contributed by atoms with E-state index < -0.39 is 9.84 Å². The average Bonchev–Trinajstić information content (AvgIpc) is 2.50. The van der Waals surface area contributed by atoms with Gasteiger partial charge in [-0.25, -0.2) is 8.42 Å². The topological polar surface area (TPSA) is 63.2 Å². The largest absolute Gasteiger partial charge is 0.349 e. The fourth-order valence-corrected chi connectivity index (χ4v) is 3.11. The van der Waals surface area contributed by atoms with Crippen LogP contribution < -0.4 is 5.32 Å². The molecule has 1 atom stereocenters. The quantitative estimate of drug-likeness (QED) is 0.905. The summed E-state index contributed by atoms with van der Waals surface area (Å²) in [4.78, 5) is 12.5. The van der Waals surface area contributed by atoms with Crippen LogP contribution >= 0.6 is 0 Å². The fraction of sp³-hybridized carbons (Fsp3) is 0.316. The molecule has 0 unspecified atom stereocenters. The first kappa shape index (κ1) is 18.2. The fourth-order valence-electron chi connectivity index (χ4n) is 2.48. The molecule has 0 spiro atoms. The number of rotatable bonds is 5. The van der Waals surface area contributed by atoms with Gasteiger partial charge in [0.25, 0.3) is 0 Å². The number of carbonyl (C=O) groups excluding carboxylic acids is 1. The lowest BCUT2D eigenvalue weighted by Gasteiger charge is -2.15. The summed E-state index contributed by atoms with van der Waals surface area (Å²) in [5.41, 5.74) is 4.23. The van der Waals surface area contributed by atoms with E-state index in [4.69, 9.17) is 0 Å². The Morgan fingerprint density at radius 2 is 1.67 bits per heavy atom. The van der Waals surface area contributed by atoms with Crippen LogP contribution in [0.4, 0.5) is 0 Å². The van der Waals surface area contributed by atoms with E-state index in [2.05, 4.69) is 5.32 Å². The van der Waals surface area contributed by atoms with E-state index in [-0.39, 0.29) is 16.8 Å². The van der Waals surface area contributed by atoms with Gasteiger partial charge in [0.1, 0.15) is 0 Å². The Morgan fingerprint density at radius 1 is 1.04 bits per heavy atom. The second-order valence-electron chi connectivity index (χ2n) is 6.23. The van der Waals surface area contributed by atoms with Crippen LogP contribution in [0.2, 0.25) is 0 Å². The molecule has 24 heavy (non-hydrogen) atoms. The van der Waals surface area contributed by atoms with E-state index in [0.717, 1.165) is 11.1 Å². The number of hydrogen-bond acceptors (Lipinski definition) is 3. The van der Waals surface area contributed by atoms with E-state index in [0.29, 0.717) is 6.42 Å². The smallest absolute Gasteiger partial charge is 0.224 e. The van der Waals surface area contributed by atoms with Crippen LogP contribution in [0.25, 0.3) is 0 Å². The first-order valence-corrected chi connectivity index (χ1v) is 9.71. The molecule has 0 fully saturated rings. The molecule has 0 bridgehead atoms. The van der Waals surface area contributed by atoms with E-state index in [1.54, 1.807) is 24.3 Å². The van der Waals surface area contributed by atoms with Crippen molar-refractivity contribution in [3.05, 3.63) is 64.7 Å². The van der Waals surface area contributed by atoms with Crippen molar-refractivity contribution in [2.75, 3.05) is 6.26 Å². The van der Waals surface area contributed by atoms with Gasteiger partial charge in [0, 0.05) is 6.26 Å². The third-order valence-corrected chi connectivity index (χ3v) is 5.25. The maximum Gasteiger partial charge on any atom is 0.224 e. The van der Waals surface area contributed by atoms with Gasteiger partial charge in [-0.3, -0.25) is 4.79 Å². The molecule has 2 aromatic rings. The third-order valence-electron chi connectivity index (χ3n) is 4.12. The molecular formula is C19H23NO3S. The number of sulfone groups is 1. The van der Waals surface area contributed by atoms with Crippen LogP contribution in [0.1, 0.15) is 35.2 Å². The van der Waals surface area contributed by atoms with Gasteiger partial charge in [-0.15, -0.1) is 0 Å². The van der Waals surface area contributed by atoms with Crippen molar-refractivity contribution < 1.29 is 13.2 Å². The summed E-state index contributed by atoms with van der Waals surface area (Å²) in [5, 5.41) is 2.95. The molecule has 2 aromatic carbocycles. The van der Waals surface area contributed by atoms with Gasteiger partial charge in [0.05, 0.1) is 17.4 Å². The Balaban J connectivity index is 2.01. The van der Waals surface area contributed by atoms with Gasteiger partial charge in [-0.1, -0.05) is 30.3 Å². The molecule has 2 rings (SSSR count). The summed E-state index contributed by atoms with van der Waals surface area (Å²) in [5.74, 6) is -0.0575. The predicted molar refractivity (Wildman–Crippen MR) is 95.7 cm³/mol. The van der Waals surface area contributed by atoms with E-state index in [9.17, 15) is 13.2 Å². The molecule has 0 aromatic heterocycles.